The van der Waals surface area contributed by atoms with Gasteiger partial charge in [-0.05, 0) is 12.0 Å². The van der Waals surface area contributed by atoms with Gasteiger partial charge in [-0.1, -0.05) is 12.1 Å². The molecule has 0 aromatic heterocycles. The third kappa shape index (κ3) is 2.90. The van der Waals surface area contributed by atoms with Gasteiger partial charge in [0, 0.05) is 36.9 Å². The smallest absolute Gasteiger partial charge is 0.269 e. The zero-order valence-electron chi connectivity index (χ0n) is 9.18. The summed E-state index contributed by atoms with van der Waals surface area (Å²) in [7, 11) is 0. The maximum atomic E-state index is 11.0. The van der Waals surface area contributed by atoms with Crippen LogP contribution in [0.5, 0.6) is 0 Å². The van der Waals surface area contributed by atoms with Crippen molar-refractivity contribution >= 4 is 11.5 Å². The second kappa shape index (κ2) is 4.78. The van der Waals surface area contributed by atoms with Crippen LogP contribution in [0.3, 0.4) is 0 Å². The second-order valence-electron chi connectivity index (χ2n) is 3.92. The SMILES string of the molecule is O=C1C=C(NCc2cccc([N+](=O)[O-])c2)CC1. The highest BCUT2D eigenvalue weighted by Gasteiger charge is 2.11. The van der Waals surface area contributed by atoms with Gasteiger partial charge in [0.05, 0.1) is 4.92 Å². The molecule has 1 aliphatic rings. The molecule has 0 radical (unpaired) electrons. The van der Waals surface area contributed by atoms with E-state index in [9.17, 15) is 14.9 Å². The predicted octanol–water partition coefficient (Wildman–Crippen LogP) is 1.93. The standard InChI is InChI=1S/C12H12N2O3/c15-12-5-4-10(7-12)13-8-9-2-1-3-11(6-9)14(16)17/h1-3,6-7,13H,4-5,8H2. The van der Waals surface area contributed by atoms with E-state index in [0.29, 0.717) is 13.0 Å². The van der Waals surface area contributed by atoms with E-state index in [1.807, 2.05) is 6.07 Å². The number of nitrogens with zero attached hydrogens (tertiary/aromatic N) is 1. The highest BCUT2D eigenvalue weighted by molar-refractivity contribution is 5.92. The molecule has 1 aromatic rings. The van der Waals surface area contributed by atoms with Crippen LogP contribution in [0, 0.1) is 10.1 Å². The van der Waals surface area contributed by atoms with Gasteiger partial charge in [0.2, 0.25) is 0 Å². The van der Waals surface area contributed by atoms with Crippen molar-refractivity contribution in [3.8, 4) is 0 Å². The number of carbonyl (C=O) groups is 1. The van der Waals surface area contributed by atoms with E-state index in [4.69, 9.17) is 0 Å². The Morgan fingerprint density at radius 1 is 1.35 bits per heavy atom. The lowest BCUT2D eigenvalue weighted by Crippen LogP contribution is -2.11. The molecule has 5 nitrogen and oxygen atoms in total. The van der Waals surface area contributed by atoms with E-state index in [-0.39, 0.29) is 11.5 Å². The Morgan fingerprint density at radius 3 is 2.82 bits per heavy atom. The van der Waals surface area contributed by atoms with Crippen molar-refractivity contribution in [1.82, 2.24) is 5.32 Å². The number of nitrogens with one attached hydrogen (secondary N) is 1. The molecule has 1 aromatic carbocycles. The van der Waals surface area contributed by atoms with Gasteiger partial charge >= 0.3 is 0 Å². The molecule has 5 heteroatoms. The Bertz CT molecular complexity index is 494. The first kappa shape index (κ1) is 11.3. The lowest BCUT2D eigenvalue weighted by Gasteiger charge is -2.06. The minimum atomic E-state index is -0.415. The number of hydrogen-bond donors (Lipinski definition) is 1. The highest BCUT2D eigenvalue weighted by atomic mass is 16.6. The van der Waals surface area contributed by atoms with Gasteiger partial charge in [-0.2, -0.15) is 0 Å². The Hall–Kier alpha value is -2.17. The summed E-state index contributed by atoms with van der Waals surface area (Å²) in [6.45, 7) is 0.501. The largest absolute Gasteiger partial charge is 0.384 e. The molecule has 0 saturated carbocycles. The summed E-state index contributed by atoms with van der Waals surface area (Å²) in [4.78, 5) is 21.2. The van der Waals surface area contributed by atoms with Crippen LogP contribution in [0.15, 0.2) is 36.0 Å². The molecule has 88 valence electrons. The molecule has 0 saturated heterocycles. The first-order chi connectivity index (χ1) is 8.15. The molecule has 1 aliphatic carbocycles. The van der Waals surface area contributed by atoms with Crippen molar-refractivity contribution in [2.45, 2.75) is 19.4 Å². The summed E-state index contributed by atoms with van der Waals surface area (Å²) in [5.74, 6) is 0.131. The first-order valence-electron chi connectivity index (χ1n) is 5.36. The summed E-state index contributed by atoms with van der Waals surface area (Å²) in [6.07, 6.45) is 2.88. The summed E-state index contributed by atoms with van der Waals surface area (Å²) in [5.41, 5.74) is 1.82. The number of allylic oxidation sites excluding steroid dienone is 2. The molecule has 0 bridgehead atoms. The predicted molar refractivity (Wildman–Crippen MR) is 62.3 cm³/mol. The molecule has 0 atom stereocenters. The normalized spacial score (nSPS) is 14.6. The van der Waals surface area contributed by atoms with Crippen molar-refractivity contribution in [1.29, 1.82) is 0 Å². The fourth-order valence-corrected chi connectivity index (χ4v) is 1.73. The van der Waals surface area contributed by atoms with E-state index in [1.54, 1.807) is 12.1 Å². The lowest BCUT2D eigenvalue weighted by atomic mass is 10.2. The molecular formula is C12H12N2O3. The monoisotopic (exact) mass is 232 g/mol. The van der Waals surface area contributed by atoms with Crippen LogP contribution >= 0.6 is 0 Å². The number of rotatable bonds is 4. The van der Waals surface area contributed by atoms with Crippen LogP contribution in [-0.2, 0) is 11.3 Å². The van der Waals surface area contributed by atoms with E-state index in [0.717, 1.165) is 17.7 Å². The quantitative estimate of drug-likeness (QED) is 0.636. The maximum absolute atomic E-state index is 11.0. The zero-order chi connectivity index (χ0) is 12.3. The van der Waals surface area contributed by atoms with Crippen LogP contribution in [0.2, 0.25) is 0 Å². The highest BCUT2D eigenvalue weighted by Crippen LogP contribution is 2.15. The molecule has 0 heterocycles. The van der Waals surface area contributed by atoms with Gasteiger partial charge in [-0.15, -0.1) is 0 Å². The third-order valence-corrected chi connectivity index (χ3v) is 2.62. The molecule has 0 spiro atoms. The van der Waals surface area contributed by atoms with Crippen molar-refractivity contribution in [2.24, 2.45) is 0 Å². The van der Waals surface area contributed by atoms with Gasteiger partial charge < -0.3 is 5.32 Å². The van der Waals surface area contributed by atoms with Gasteiger partial charge in [0.25, 0.3) is 5.69 Å². The number of hydrogen-bond acceptors (Lipinski definition) is 4. The Morgan fingerprint density at radius 2 is 2.18 bits per heavy atom. The molecule has 2 rings (SSSR count). The van der Waals surface area contributed by atoms with Crippen LogP contribution in [0.4, 0.5) is 5.69 Å². The number of nitro groups is 1. The van der Waals surface area contributed by atoms with Crippen LogP contribution in [0.25, 0.3) is 0 Å². The Labute approximate surface area is 98.3 Å². The average Bonchev–Trinajstić information content (AvgIpc) is 2.73. The fourth-order valence-electron chi connectivity index (χ4n) is 1.73. The minimum absolute atomic E-state index is 0.0841. The molecular weight excluding hydrogens is 220 g/mol. The van der Waals surface area contributed by atoms with Crippen molar-refractivity contribution in [3.05, 3.63) is 51.7 Å². The molecule has 0 amide bonds. The number of ketones is 1. The third-order valence-electron chi connectivity index (χ3n) is 2.62. The van der Waals surface area contributed by atoms with Crippen LogP contribution < -0.4 is 5.32 Å². The van der Waals surface area contributed by atoms with Crippen LogP contribution in [-0.4, -0.2) is 10.7 Å². The van der Waals surface area contributed by atoms with Crippen molar-refractivity contribution in [2.75, 3.05) is 0 Å². The Kier molecular flexibility index (Phi) is 3.18. The summed E-state index contributed by atoms with van der Waals surface area (Å²) < 4.78 is 0. The fraction of sp³-hybridized carbons (Fsp3) is 0.250. The summed E-state index contributed by atoms with van der Waals surface area (Å²) in [6, 6.07) is 6.47. The summed E-state index contributed by atoms with van der Waals surface area (Å²) >= 11 is 0. The summed E-state index contributed by atoms with van der Waals surface area (Å²) in [5, 5.41) is 13.7. The van der Waals surface area contributed by atoms with Crippen LogP contribution in [0.1, 0.15) is 18.4 Å². The van der Waals surface area contributed by atoms with Gasteiger partial charge in [0.15, 0.2) is 5.78 Å². The van der Waals surface area contributed by atoms with E-state index < -0.39 is 4.92 Å². The zero-order valence-corrected chi connectivity index (χ0v) is 9.18. The second-order valence-corrected chi connectivity index (χ2v) is 3.92. The number of nitro benzene ring substituents is 1. The topological polar surface area (TPSA) is 72.2 Å². The molecule has 0 fully saturated rings. The minimum Gasteiger partial charge on any atom is -0.384 e. The molecule has 0 aliphatic heterocycles. The van der Waals surface area contributed by atoms with Crippen molar-refractivity contribution < 1.29 is 9.72 Å². The maximum Gasteiger partial charge on any atom is 0.269 e. The Balaban J connectivity index is 1.99. The van der Waals surface area contributed by atoms with Gasteiger partial charge in [0.1, 0.15) is 0 Å². The molecule has 1 N–H and O–H groups in total. The average molecular weight is 232 g/mol. The van der Waals surface area contributed by atoms with E-state index >= 15 is 0 Å². The molecule has 0 unspecified atom stereocenters. The van der Waals surface area contributed by atoms with E-state index in [2.05, 4.69) is 5.32 Å². The van der Waals surface area contributed by atoms with Gasteiger partial charge in [-0.3, -0.25) is 14.9 Å². The number of carbonyl (C=O) groups excluding carboxylic acids is 1. The first-order valence-corrected chi connectivity index (χ1v) is 5.36. The number of benzene rings is 1. The molecule has 17 heavy (non-hydrogen) atoms. The van der Waals surface area contributed by atoms with E-state index in [1.165, 1.54) is 12.1 Å². The van der Waals surface area contributed by atoms with Crippen molar-refractivity contribution in [3.63, 3.8) is 0 Å². The number of non-ortho nitro benzene ring substituents is 1. The lowest BCUT2D eigenvalue weighted by molar-refractivity contribution is -0.384. The van der Waals surface area contributed by atoms with Gasteiger partial charge in [-0.25, -0.2) is 0 Å².